The van der Waals surface area contributed by atoms with Gasteiger partial charge in [0.1, 0.15) is 0 Å². The Kier molecular flexibility index (Phi) is 5.64. The van der Waals surface area contributed by atoms with Gasteiger partial charge < -0.3 is 4.74 Å². The van der Waals surface area contributed by atoms with Gasteiger partial charge in [0.2, 0.25) is 10.0 Å². The van der Waals surface area contributed by atoms with Crippen molar-refractivity contribution in [1.29, 1.82) is 0 Å². The van der Waals surface area contributed by atoms with Gasteiger partial charge in [-0.2, -0.15) is 9.40 Å². The lowest BCUT2D eigenvalue weighted by Crippen LogP contribution is -2.40. The summed E-state index contributed by atoms with van der Waals surface area (Å²) >= 11 is 5.46. The van der Waals surface area contributed by atoms with Gasteiger partial charge in [0, 0.05) is 18.7 Å². The van der Waals surface area contributed by atoms with Crippen molar-refractivity contribution in [2.75, 3.05) is 26.3 Å². The lowest BCUT2D eigenvalue weighted by Gasteiger charge is -2.26. The third kappa shape index (κ3) is 3.91. The van der Waals surface area contributed by atoms with E-state index in [0.29, 0.717) is 42.5 Å². The molecule has 0 spiro atoms. The second-order valence-corrected chi connectivity index (χ2v) is 9.18. The van der Waals surface area contributed by atoms with Gasteiger partial charge in [-0.3, -0.25) is 9.67 Å². The van der Waals surface area contributed by atoms with Crippen molar-refractivity contribution in [2.45, 2.75) is 17.9 Å². The first-order valence-electron chi connectivity index (χ1n) is 9.38. The zero-order chi connectivity index (χ0) is 20.4. The van der Waals surface area contributed by atoms with Crippen molar-refractivity contribution in [1.82, 2.24) is 19.1 Å². The minimum atomic E-state index is -3.59. The molecule has 0 unspecified atom stereocenters. The molecule has 2 aromatic carbocycles. The Hall–Kier alpha value is -2.33. The smallest absolute Gasteiger partial charge is 0.243 e. The molecule has 7 nitrogen and oxygen atoms in total. The van der Waals surface area contributed by atoms with Crippen LogP contribution in [0.2, 0.25) is 0 Å². The van der Waals surface area contributed by atoms with Gasteiger partial charge in [-0.15, -0.1) is 0 Å². The molecule has 1 aliphatic rings. The summed E-state index contributed by atoms with van der Waals surface area (Å²) in [6, 6.07) is 16.8. The highest BCUT2D eigenvalue weighted by Gasteiger charge is 2.27. The fourth-order valence-electron chi connectivity index (χ4n) is 3.48. The number of ether oxygens (including phenoxy) is 1. The standard InChI is InChI=1S/C20H22N4O3S2/c1-15(16-6-3-2-4-7-16)24-19(21-22-20(24)28)17-8-5-9-18(14-17)29(25,26)23-10-12-27-13-11-23/h2-9,14-15H,10-13H2,1H3,(H,22,28)/t15-/m1/s1. The van der Waals surface area contributed by atoms with Crippen molar-refractivity contribution in [2.24, 2.45) is 0 Å². The van der Waals surface area contributed by atoms with Crippen LogP contribution in [0.3, 0.4) is 0 Å². The Morgan fingerprint density at radius 2 is 1.83 bits per heavy atom. The van der Waals surface area contributed by atoms with Gasteiger partial charge in [0.05, 0.1) is 24.2 Å². The van der Waals surface area contributed by atoms with Crippen LogP contribution in [0.5, 0.6) is 0 Å². The van der Waals surface area contributed by atoms with Gasteiger partial charge in [-0.1, -0.05) is 42.5 Å². The molecule has 0 saturated carbocycles. The first-order valence-corrected chi connectivity index (χ1v) is 11.2. The van der Waals surface area contributed by atoms with Gasteiger partial charge in [0.15, 0.2) is 10.6 Å². The van der Waals surface area contributed by atoms with Gasteiger partial charge in [0.25, 0.3) is 0 Å². The maximum atomic E-state index is 13.0. The summed E-state index contributed by atoms with van der Waals surface area (Å²) in [6.07, 6.45) is 0. The Morgan fingerprint density at radius 1 is 1.10 bits per heavy atom. The van der Waals surface area contributed by atoms with Crippen molar-refractivity contribution < 1.29 is 13.2 Å². The SMILES string of the molecule is C[C@H](c1ccccc1)n1c(-c2cccc(S(=O)(=O)N3CCOCC3)c2)n[nH]c1=S. The number of morpholine rings is 1. The summed E-state index contributed by atoms with van der Waals surface area (Å²) in [5.41, 5.74) is 1.78. The molecule has 3 aromatic rings. The predicted octanol–water partition coefficient (Wildman–Crippen LogP) is 3.24. The van der Waals surface area contributed by atoms with E-state index in [1.165, 1.54) is 4.31 Å². The molecule has 4 rings (SSSR count). The second-order valence-electron chi connectivity index (χ2n) is 6.85. The summed E-state index contributed by atoms with van der Waals surface area (Å²) in [5.74, 6) is 0.602. The van der Waals surface area contributed by atoms with E-state index in [0.717, 1.165) is 5.56 Å². The molecular formula is C20H22N4O3S2. The molecule has 1 aromatic heterocycles. The van der Waals surface area contributed by atoms with Crippen LogP contribution in [-0.2, 0) is 14.8 Å². The monoisotopic (exact) mass is 430 g/mol. The van der Waals surface area contributed by atoms with Crippen molar-refractivity contribution in [3.05, 3.63) is 64.9 Å². The number of benzene rings is 2. The van der Waals surface area contributed by atoms with Gasteiger partial charge >= 0.3 is 0 Å². The van der Waals surface area contributed by atoms with E-state index in [2.05, 4.69) is 10.2 Å². The molecule has 9 heteroatoms. The normalized spacial score (nSPS) is 16.6. The minimum absolute atomic E-state index is 0.0584. The summed E-state index contributed by atoms with van der Waals surface area (Å²) in [6.45, 7) is 3.57. The fourth-order valence-corrected chi connectivity index (χ4v) is 5.22. The molecule has 1 atom stereocenters. The summed E-state index contributed by atoms with van der Waals surface area (Å²) < 4.78 is 35.2. The van der Waals surface area contributed by atoms with E-state index >= 15 is 0 Å². The average Bonchev–Trinajstić information content (AvgIpc) is 3.16. The lowest BCUT2D eigenvalue weighted by atomic mass is 10.1. The summed E-state index contributed by atoms with van der Waals surface area (Å²) in [5, 5.41) is 7.23. The fraction of sp³-hybridized carbons (Fsp3) is 0.300. The maximum absolute atomic E-state index is 13.0. The Morgan fingerprint density at radius 3 is 2.55 bits per heavy atom. The van der Waals surface area contributed by atoms with E-state index in [1.54, 1.807) is 18.2 Å². The number of aromatic amines is 1. The molecule has 2 heterocycles. The molecule has 1 aliphatic heterocycles. The molecule has 0 radical (unpaired) electrons. The highest BCUT2D eigenvalue weighted by atomic mass is 32.2. The highest BCUT2D eigenvalue weighted by molar-refractivity contribution is 7.89. The quantitative estimate of drug-likeness (QED) is 0.629. The van der Waals surface area contributed by atoms with E-state index in [4.69, 9.17) is 17.0 Å². The van der Waals surface area contributed by atoms with Crippen LogP contribution < -0.4 is 0 Å². The molecule has 0 amide bonds. The second kappa shape index (κ2) is 8.19. The lowest BCUT2D eigenvalue weighted by molar-refractivity contribution is 0.0730. The van der Waals surface area contributed by atoms with Gasteiger partial charge in [-0.05, 0) is 36.8 Å². The van der Waals surface area contributed by atoms with E-state index in [9.17, 15) is 8.42 Å². The molecule has 29 heavy (non-hydrogen) atoms. The molecule has 0 aliphatic carbocycles. The average molecular weight is 431 g/mol. The Balaban J connectivity index is 1.74. The van der Waals surface area contributed by atoms with Crippen LogP contribution in [0.25, 0.3) is 11.4 Å². The number of nitrogens with one attached hydrogen (secondary N) is 1. The van der Waals surface area contributed by atoms with Crippen LogP contribution >= 0.6 is 12.2 Å². The number of hydrogen-bond acceptors (Lipinski definition) is 5. The predicted molar refractivity (Wildman–Crippen MR) is 113 cm³/mol. The van der Waals surface area contributed by atoms with Crippen LogP contribution in [0.1, 0.15) is 18.5 Å². The Labute approximate surface area is 175 Å². The largest absolute Gasteiger partial charge is 0.379 e. The van der Waals surface area contributed by atoms with Crippen molar-refractivity contribution in [3.63, 3.8) is 0 Å². The van der Waals surface area contributed by atoms with E-state index in [-0.39, 0.29) is 10.9 Å². The third-order valence-electron chi connectivity index (χ3n) is 5.07. The van der Waals surface area contributed by atoms with Crippen LogP contribution in [0, 0.1) is 4.77 Å². The van der Waals surface area contributed by atoms with Crippen LogP contribution in [0.4, 0.5) is 0 Å². The number of nitrogens with zero attached hydrogens (tertiary/aromatic N) is 3. The molecule has 152 valence electrons. The topological polar surface area (TPSA) is 80.2 Å². The number of sulfonamides is 1. The Bertz CT molecular complexity index is 1150. The zero-order valence-electron chi connectivity index (χ0n) is 16.0. The van der Waals surface area contributed by atoms with Crippen LogP contribution in [0.15, 0.2) is 59.5 Å². The third-order valence-corrected chi connectivity index (χ3v) is 7.26. The van der Waals surface area contributed by atoms with E-state index < -0.39 is 10.0 Å². The number of rotatable bonds is 5. The molecule has 1 saturated heterocycles. The van der Waals surface area contributed by atoms with Crippen molar-refractivity contribution >= 4 is 22.2 Å². The molecule has 0 bridgehead atoms. The number of H-pyrrole nitrogens is 1. The molecule has 1 N–H and O–H groups in total. The molecular weight excluding hydrogens is 408 g/mol. The van der Waals surface area contributed by atoms with E-state index in [1.807, 2.05) is 47.9 Å². The summed E-state index contributed by atoms with van der Waals surface area (Å²) in [4.78, 5) is 0.240. The minimum Gasteiger partial charge on any atom is -0.379 e. The zero-order valence-corrected chi connectivity index (χ0v) is 17.6. The highest BCUT2D eigenvalue weighted by Crippen LogP contribution is 2.28. The number of aromatic nitrogens is 3. The summed E-state index contributed by atoms with van der Waals surface area (Å²) in [7, 11) is -3.59. The first-order chi connectivity index (χ1) is 14.0. The first kappa shape index (κ1) is 20.0. The van der Waals surface area contributed by atoms with Crippen molar-refractivity contribution in [3.8, 4) is 11.4 Å². The van der Waals surface area contributed by atoms with Gasteiger partial charge in [-0.25, -0.2) is 8.42 Å². The van der Waals surface area contributed by atoms with Crippen LogP contribution in [-0.4, -0.2) is 53.8 Å². The maximum Gasteiger partial charge on any atom is 0.243 e. The number of hydrogen-bond donors (Lipinski definition) is 1. The molecule has 1 fully saturated rings.